The molecule has 6 nitrogen and oxygen atoms in total. The quantitative estimate of drug-likeness (QED) is 0.522. The normalized spacial score (nSPS) is 10.1. The van der Waals surface area contributed by atoms with Gasteiger partial charge in [0, 0.05) is 24.9 Å². The highest BCUT2D eigenvalue weighted by atomic mass is 35.5. The van der Waals surface area contributed by atoms with Crippen molar-refractivity contribution in [1.29, 1.82) is 0 Å². The van der Waals surface area contributed by atoms with Gasteiger partial charge >= 0.3 is 0 Å². The molecule has 0 amide bonds. The van der Waals surface area contributed by atoms with E-state index in [0.29, 0.717) is 12.4 Å². The van der Waals surface area contributed by atoms with Crippen LogP contribution in [-0.2, 0) is 6.54 Å². The van der Waals surface area contributed by atoms with Gasteiger partial charge in [0.15, 0.2) is 0 Å². The molecule has 18 heavy (non-hydrogen) atoms. The van der Waals surface area contributed by atoms with E-state index in [9.17, 15) is 10.1 Å². The summed E-state index contributed by atoms with van der Waals surface area (Å²) in [4.78, 5) is 17.9. The third-order valence-corrected chi connectivity index (χ3v) is 2.40. The van der Waals surface area contributed by atoms with Crippen LogP contribution in [0.5, 0.6) is 0 Å². The van der Waals surface area contributed by atoms with Crippen LogP contribution in [-0.4, -0.2) is 14.9 Å². The van der Waals surface area contributed by atoms with Gasteiger partial charge in [-0.2, -0.15) is 0 Å². The first-order valence-electron chi connectivity index (χ1n) is 5.11. The molecule has 1 N–H and O–H groups in total. The van der Waals surface area contributed by atoms with Crippen molar-refractivity contribution < 1.29 is 4.92 Å². The molecule has 0 atom stereocenters. The molecular formula is C11H9ClN4O2. The summed E-state index contributed by atoms with van der Waals surface area (Å²) in [5.74, 6) is 0.571. The first-order chi connectivity index (χ1) is 8.65. The van der Waals surface area contributed by atoms with Crippen molar-refractivity contribution in [2.45, 2.75) is 6.54 Å². The van der Waals surface area contributed by atoms with E-state index < -0.39 is 4.92 Å². The van der Waals surface area contributed by atoms with Crippen LogP contribution in [0.1, 0.15) is 5.56 Å². The highest BCUT2D eigenvalue weighted by molar-refractivity contribution is 6.28. The third-order valence-electron chi connectivity index (χ3n) is 2.22. The predicted octanol–water partition coefficient (Wildman–Crippen LogP) is 2.65. The van der Waals surface area contributed by atoms with Crippen molar-refractivity contribution in [3.05, 3.63) is 57.5 Å². The summed E-state index contributed by atoms with van der Waals surface area (Å²) in [6.07, 6.45) is 1.53. The maximum Gasteiger partial charge on any atom is 0.269 e. The van der Waals surface area contributed by atoms with Gasteiger partial charge in [-0.1, -0.05) is 12.1 Å². The average molecular weight is 265 g/mol. The molecule has 1 aromatic carbocycles. The Hall–Kier alpha value is -2.21. The van der Waals surface area contributed by atoms with E-state index in [2.05, 4.69) is 15.3 Å². The van der Waals surface area contributed by atoms with Crippen LogP contribution in [0.15, 0.2) is 36.5 Å². The molecule has 0 radical (unpaired) electrons. The fourth-order valence-corrected chi connectivity index (χ4v) is 1.55. The Morgan fingerprint density at radius 3 is 2.94 bits per heavy atom. The lowest BCUT2D eigenvalue weighted by Gasteiger charge is -2.05. The van der Waals surface area contributed by atoms with Gasteiger partial charge in [0.2, 0.25) is 5.28 Å². The highest BCUT2D eigenvalue weighted by Crippen LogP contribution is 2.14. The van der Waals surface area contributed by atoms with Crippen molar-refractivity contribution in [2.24, 2.45) is 0 Å². The van der Waals surface area contributed by atoms with E-state index in [1.54, 1.807) is 18.2 Å². The van der Waals surface area contributed by atoms with Gasteiger partial charge in [-0.05, 0) is 23.2 Å². The minimum atomic E-state index is -0.426. The van der Waals surface area contributed by atoms with Gasteiger partial charge in [-0.25, -0.2) is 9.97 Å². The van der Waals surface area contributed by atoms with E-state index in [-0.39, 0.29) is 11.0 Å². The van der Waals surface area contributed by atoms with Crippen LogP contribution < -0.4 is 5.32 Å². The Bertz CT molecular complexity index is 576. The molecule has 92 valence electrons. The second-order valence-corrected chi connectivity index (χ2v) is 3.83. The molecule has 0 fully saturated rings. The number of rotatable bonds is 4. The molecule has 0 aliphatic carbocycles. The molecule has 0 unspecified atom stereocenters. The Balaban J connectivity index is 2.06. The van der Waals surface area contributed by atoms with Gasteiger partial charge in [-0.15, -0.1) is 0 Å². The molecule has 0 bridgehead atoms. The van der Waals surface area contributed by atoms with Crippen molar-refractivity contribution in [3.63, 3.8) is 0 Å². The van der Waals surface area contributed by atoms with Crippen LogP contribution in [0.2, 0.25) is 5.28 Å². The second kappa shape index (κ2) is 5.42. The predicted molar refractivity (Wildman–Crippen MR) is 67.5 cm³/mol. The Labute approximate surface area is 108 Å². The van der Waals surface area contributed by atoms with Gasteiger partial charge in [0.05, 0.1) is 4.92 Å². The number of hydrogen-bond acceptors (Lipinski definition) is 5. The Morgan fingerprint density at radius 1 is 1.39 bits per heavy atom. The zero-order valence-electron chi connectivity index (χ0n) is 9.21. The van der Waals surface area contributed by atoms with Crippen LogP contribution in [0.4, 0.5) is 11.5 Å². The number of anilines is 1. The minimum Gasteiger partial charge on any atom is -0.366 e. The molecular weight excluding hydrogens is 256 g/mol. The minimum absolute atomic E-state index is 0.0648. The molecule has 0 aliphatic heterocycles. The van der Waals surface area contributed by atoms with Crippen LogP contribution in [0.3, 0.4) is 0 Å². The van der Waals surface area contributed by atoms with Gasteiger partial charge in [0.25, 0.3) is 5.69 Å². The molecule has 0 saturated carbocycles. The summed E-state index contributed by atoms with van der Waals surface area (Å²) >= 11 is 5.64. The standard InChI is InChI=1S/C11H9ClN4O2/c12-11-13-5-4-10(15-11)14-7-8-2-1-3-9(6-8)16(17)18/h1-6H,7H2,(H,13,14,15). The molecule has 2 aromatic rings. The van der Waals surface area contributed by atoms with Gasteiger partial charge in [0.1, 0.15) is 5.82 Å². The number of halogens is 1. The van der Waals surface area contributed by atoms with Crippen molar-refractivity contribution in [2.75, 3.05) is 5.32 Å². The van der Waals surface area contributed by atoms with Gasteiger partial charge < -0.3 is 5.32 Å². The zero-order valence-corrected chi connectivity index (χ0v) is 9.96. The third kappa shape index (κ3) is 3.14. The largest absolute Gasteiger partial charge is 0.366 e. The summed E-state index contributed by atoms with van der Waals surface area (Å²) in [6.45, 7) is 0.426. The molecule has 0 saturated heterocycles. The summed E-state index contributed by atoms with van der Waals surface area (Å²) in [5.41, 5.74) is 0.856. The fourth-order valence-electron chi connectivity index (χ4n) is 1.41. The van der Waals surface area contributed by atoms with Crippen molar-refractivity contribution >= 4 is 23.1 Å². The lowest BCUT2D eigenvalue weighted by atomic mass is 10.2. The van der Waals surface area contributed by atoms with E-state index in [1.165, 1.54) is 18.3 Å². The van der Waals surface area contributed by atoms with Crippen LogP contribution >= 0.6 is 11.6 Å². The molecule has 1 heterocycles. The van der Waals surface area contributed by atoms with E-state index in [1.807, 2.05) is 0 Å². The summed E-state index contributed by atoms with van der Waals surface area (Å²) in [7, 11) is 0. The lowest BCUT2D eigenvalue weighted by molar-refractivity contribution is -0.384. The number of hydrogen-bond donors (Lipinski definition) is 1. The van der Waals surface area contributed by atoms with E-state index in [4.69, 9.17) is 11.6 Å². The number of nitro benzene ring substituents is 1. The van der Waals surface area contributed by atoms with E-state index >= 15 is 0 Å². The number of nitrogens with zero attached hydrogens (tertiary/aromatic N) is 3. The average Bonchev–Trinajstić information content (AvgIpc) is 2.37. The molecule has 0 spiro atoms. The maximum absolute atomic E-state index is 10.6. The highest BCUT2D eigenvalue weighted by Gasteiger charge is 2.05. The first-order valence-corrected chi connectivity index (χ1v) is 5.49. The Kier molecular flexibility index (Phi) is 3.69. The maximum atomic E-state index is 10.6. The fraction of sp³-hybridized carbons (Fsp3) is 0.0909. The topological polar surface area (TPSA) is 81.0 Å². The van der Waals surface area contributed by atoms with Crippen molar-refractivity contribution in [3.8, 4) is 0 Å². The summed E-state index contributed by atoms with van der Waals surface area (Å²) < 4.78 is 0. The zero-order chi connectivity index (χ0) is 13.0. The number of nitro groups is 1. The summed E-state index contributed by atoms with van der Waals surface area (Å²) in [5, 5.41) is 13.8. The van der Waals surface area contributed by atoms with E-state index in [0.717, 1.165) is 5.56 Å². The Morgan fingerprint density at radius 2 is 2.22 bits per heavy atom. The lowest BCUT2D eigenvalue weighted by Crippen LogP contribution is -2.02. The monoisotopic (exact) mass is 264 g/mol. The SMILES string of the molecule is O=[N+]([O-])c1cccc(CNc2ccnc(Cl)n2)c1. The van der Waals surface area contributed by atoms with Crippen LogP contribution in [0.25, 0.3) is 0 Å². The molecule has 2 rings (SSSR count). The van der Waals surface area contributed by atoms with Crippen LogP contribution in [0, 0.1) is 10.1 Å². The molecule has 0 aliphatic rings. The first kappa shape index (κ1) is 12.3. The smallest absolute Gasteiger partial charge is 0.269 e. The number of non-ortho nitro benzene ring substituents is 1. The molecule has 1 aromatic heterocycles. The van der Waals surface area contributed by atoms with Crippen molar-refractivity contribution in [1.82, 2.24) is 9.97 Å². The van der Waals surface area contributed by atoms with Gasteiger partial charge in [-0.3, -0.25) is 10.1 Å². The summed E-state index contributed by atoms with van der Waals surface area (Å²) in [6, 6.07) is 8.06. The molecule has 7 heteroatoms. The number of nitrogens with one attached hydrogen (secondary N) is 1. The second-order valence-electron chi connectivity index (χ2n) is 3.49. The number of benzene rings is 1. The number of aromatic nitrogens is 2.